The summed E-state index contributed by atoms with van der Waals surface area (Å²) < 4.78 is 11.0. The largest absolute Gasteiger partial charge is 0.497 e. The fraction of sp³-hybridized carbons (Fsp3) is 0.267. The van der Waals surface area contributed by atoms with Crippen LogP contribution in [-0.2, 0) is 12.5 Å². The normalized spacial score (nSPS) is 10.3. The van der Waals surface area contributed by atoms with Crippen LogP contribution in [0.2, 0.25) is 0 Å². The van der Waals surface area contributed by atoms with Gasteiger partial charge in [0.05, 0.1) is 13.0 Å². The molecule has 0 fully saturated rings. The maximum atomic E-state index is 5.90. The number of benzene rings is 1. The third-order valence-electron chi connectivity index (χ3n) is 2.74. The first-order valence-corrected chi connectivity index (χ1v) is 6.52. The van der Waals surface area contributed by atoms with Crippen LogP contribution in [0.1, 0.15) is 16.7 Å². The fourth-order valence-electron chi connectivity index (χ4n) is 1.76. The van der Waals surface area contributed by atoms with E-state index in [4.69, 9.17) is 21.1 Å². The summed E-state index contributed by atoms with van der Waals surface area (Å²) >= 11 is 5.90. The maximum absolute atomic E-state index is 5.90. The van der Waals surface area contributed by atoms with Crippen molar-refractivity contribution in [3.63, 3.8) is 0 Å². The molecule has 0 saturated carbocycles. The molecule has 0 radical (unpaired) electrons. The second-order valence-corrected chi connectivity index (χ2v) is 4.53. The molecule has 3 nitrogen and oxygen atoms in total. The number of aryl methyl sites for hydroxylation is 1. The molecule has 2 aromatic rings. The van der Waals surface area contributed by atoms with Gasteiger partial charge in [-0.15, -0.1) is 11.6 Å². The summed E-state index contributed by atoms with van der Waals surface area (Å²) in [7, 11) is 1.63. The molecule has 19 heavy (non-hydrogen) atoms. The number of hydrogen-bond donors (Lipinski definition) is 0. The van der Waals surface area contributed by atoms with Crippen LogP contribution >= 0.6 is 11.6 Å². The van der Waals surface area contributed by atoms with Gasteiger partial charge in [0.15, 0.2) is 0 Å². The van der Waals surface area contributed by atoms with Crippen molar-refractivity contribution < 1.29 is 9.47 Å². The van der Waals surface area contributed by atoms with Crippen molar-refractivity contribution in [1.29, 1.82) is 0 Å². The van der Waals surface area contributed by atoms with Crippen LogP contribution in [0.5, 0.6) is 11.5 Å². The van der Waals surface area contributed by atoms with Crippen LogP contribution in [0.15, 0.2) is 36.7 Å². The minimum atomic E-state index is 0.408. The lowest BCUT2D eigenvalue weighted by molar-refractivity contribution is 0.300. The first-order chi connectivity index (χ1) is 9.22. The van der Waals surface area contributed by atoms with Crippen LogP contribution in [-0.4, -0.2) is 12.1 Å². The minimum Gasteiger partial charge on any atom is -0.497 e. The Balaban J connectivity index is 2.14. The standard InChI is InChI=1S/C15H16ClNO2/c1-11-5-12(9-17-8-11)10-19-15-6-14(18-2)4-3-13(15)7-16/h3-6,8-9H,7,10H2,1-2H3. The summed E-state index contributed by atoms with van der Waals surface area (Å²) in [6, 6.07) is 7.68. The highest BCUT2D eigenvalue weighted by Gasteiger charge is 2.05. The summed E-state index contributed by atoms with van der Waals surface area (Å²) in [4.78, 5) is 4.14. The van der Waals surface area contributed by atoms with E-state index in [-0.39, 0.29) is 0 Å². The van der Waals surface area contributed by atoms with Gasteiger partial charge in [-0.1, -0.05) is 6.07 Å². The van der Waals surface area contributed by atoms with Crippen LogP contribution < -0.4 is 9.47 Å². The summed E-state index contributed by atoms with van der Waals surface area (Å²) in [5.74, 6) is 1.91. The molecule has 0 aliphatic rings. The Hall–Kier alpha value is -1.74. The Morgan fingerprint density at radius 2 is 2.05 bits per heavy atom. The van der Waals surface area contributed by atoms with E-state index >= 15 is 0 Å². The molecular formula is C15H16ClNO2. The molecule has 0 saturated heterocycles. The van der Waals surface area contributed by atoms with Crippen molar-refractivity contribution in [2.75, 3.05) is 7.11 Å². The Morgan fingerprint density at radius 3 is 2.74 bits per heavy atom. The van der Waals surface area contributed by atoms with E-state index in [0.717, 1.165) is 28.2 Å². The second-order valence-electron chi connectivity index (χ2n) is 4.27. The Labute approximate surface area is 118 Å². The quantitative estimate of drug-likeness (QED) is 0.781. The number of hydrogen-bond acceptors (Lipinski definition) is 3. The SMILES string of the molecule is COc1ccc(CCl)c(OCc2cncc(C)c2)c1. The number of nitrogens with zero attached hydrogens (tertiary/aromatic N) is 1. The zero-order valence-electron chi connectivity index (χ0n) is 11.0. The van der Waals surface area contributed by atoms with Crippen molar-refractivity contribution in [2.24, 2.45) is 0 Å². The van der Waals surface area contributed by atoms with E-state index in [0.29, 0.717) is 12.5 Å². The van der Waals surface area contributed by atoms with Gasteiger partial charge in [0.2, 0.25) is 0 Å². The lowest BCUT2D eigenvalue weighted by atomic mass is 10.2. The molecule has 0 bridgehead atoms. The molecule has 2 rings (SSSR count). The highest BCUT2D eigenvalue weighted by atomic mass is 35.5. The van der Waals surface area contributed by atoms with Gasteiger partial charge in [-0.2, -0.15) is 0 Å². The number of rotatable bonds is 5. The van der Waals surface area contributed by atoms with E-state index in [1.165, 1.54) is 0 Å². The molecule has 1 aromatic heterocycles. The molecule has 100 valence electrons. The first-order valence-electron chi connectivity index (χ1n) is 5.99. The highest BCUT2D eigenvalue weighted by Crippen LogP contribution is 2.26. The van der Waals surface area contributed by atoms with Gasteiger partial charge in [0.1, 0.15) is 18.1 Å². The van der Waals surface area contributed by atoms with E-state index in [9.17, 15) is 0 Å². The van der Waals surface area contributed by atoms with Crippen LogP contribution in [0, 0.1) is 6.92 Å². The van der Waals surface area contributed by atoms with Gasteiger partial charge in [-0.25, -0.2) is 0 Å². The number of pyridine rings is 1. The predicted molar refractivity (Wildman–Crippen MR) is 75.9 cm³/mol. The van der Waals surface area contributed by atoms with Gasteiger partial charge >= 0.3 is 0 Å². The average molecular weight is 278 g/mol. The number of ether oxygens (including phenoxy) is 2. The van der Waals surface area contributed by atoms with Crippen molar-refractivity contribution in [3.8, 4) is 11.5 Å². The van der Waals surface area contributed by atoms with E-state index < -0.39 is 0 Å². The van der Waals surface area contributed by atoms with Crippen LogP contribution in [0.3, 0.4) is 0 Å². The second kappa shape index (κ2) is 6.43. The molecule has 0 amide bonds. The van der Waals surface area contributed by atoms with Crippen molar-refractivity contribution in [3.05, 3.63) is 53.3 Å². The van der Waals surface area contributed by atoms with Gasteiger partial charge in [0.25, 0.3) is 0 Å². The highest BCUT2D eigenvalue weighted by molar-refractivity contribution is 6.17. The van der Waals surface area contributed by atoms with Crippen molar-refractivity contribution in [2.45, 2.75) is 19.4 Å². The topological polar surface area (TPSA) is 31.4 Å². The Bertz CT molecular complexity index is 558. The number of halogens is 1. The minimum absolute atomic E-state index is 0.408. The molecule has 1 heterocycles. The van der Waals surface area contributed by atoms with Gasteiger partial charge < -0.3 is 9.47 Å². The van der Waals surface area contributed by atoms with Crippen molar-refractivity contribution in [1.82, 2.24) is 4.98 Å². The molecule has 0 atom stereocenters. The van der Waals surface area contributed by atoms with Gasteiger partial charge in [-0.05, 0) is 24.6 Å². The number of alkyl halides is 1. The van der Waals surface area contributed by atoms with E-state index in [2.05, 4.69) is 4.98 Å². The summed E-state index contributed by atoms with van der Waals surface area (Å²) in [5.41, 5.74) is 3.09. The Morgan fingerprint density at radius 1 is 1.21 bits per heavy atom. The maximum Gasteiger partial charge on any atom is 0.127 e. The third-order valence-corrected chi connectivity index (χ3v) is 3.03. The van der Waals surface area contributed by atoms with Gasteiger partial charge in [0, 0.05) is 29.6 Å². The third kappa shape index (κ3) is 3.61. The molecule has 0 spiro atoms. The number of methoxy groups -OCH3 is 1. The van der Waals surface area contributed by atoms with Gasteiger partial charge in [-0.3, -0.25) is 4.98 Å². The molecule has 0 aliphatic heterocycles. The average Bonchev–Trinajstić information content (AvgIpc) is 2.45. The van der Waals surface area contributed by atoms with E-state index in [1.54, 1.807) is 13.3 Å². The molecule has 1 aromatic carbocycles. The summed E-state index contributed by atoms with van der Waals surface area (Å²) in [5, 5.41) is 0. The predicted octanol–water partition coefficient (Wildman–Crippen LogP) is 3.72. The summed E-state index contributed by atoms with van der Waals surface area (Å²) in [6.07, 6.45) is 3.62. The lowest BCUT2D eigenvalue weighted by Crippen LogP contribution is -1.99. The smallest absolute Gasteiger partial charge is 0.127 e. The molecule has 4 heteroatoms. The number of aromatic nitrogens is 1. The van der Waals surface area contributed by atoms with E-state index in [1.807, 2.05) is 37.4 Å². The molecular weight excluding hydrogens is 262 g/mol. The molecule has 0 aliphatic carbocycles. The van der Waals surface area contributed by atoms with Crippen molar-refractivity contribution >= 4 is 11.6 Å². The molecule has 0 unspecified atom stereocenters. The lowest BCUT2D eigenvalue weighted by Gasteiger charge is -2.11. The summed E-state index contributed by atoms with van der Waals surface area (Å²) in [6.45, 7) is 2.47. The fourth-order valence-corrected chi connectivity index (χ4v) is 1.98. The Kier molecular flexibility index (Phi) is 4.63. The van der Waals surface area contributed by atoms with Crippen LogP contribution in [0.4, 0.5) is 0 Å². The first kappa shape index (κ1) is 13.7. The zero-order chi connectivity index (χ0) is 13.7. The monoisotopic (exact) mass is 277 g/mol. The molecule has 0 N–H and O–H groups in total. The zero-order valence-corrected chi connectivity index (χ0v) is 11.8. The van der Waals surface area contributed by atoms with Crippen LogP contribution in [0.25, 0.3) is 0 Å².